The molecule has 1 N–H and O–H groups in total. The average molecular weight is 366 g/mol. The molecule has 1 fully saturated rings. The van der Waals surface area contributed by atoms with Gasteiger partial charge in [-0.15, -0.1) is 0 Å². The molecule has 0 radical (unpaired) electrons. The minimum absolute atomic E-state index is 0.0978. The van der Waals surface area contributed by atoms with Gasteiger partial charge in [-0.3, -0.25) is 0 Å². The summed E-state index contributed by atoms with van der Waals surface area (Å²) >= 11 is 0. The van der Waals surface area contributed by atoms with E-state index in [1.54, 1.807) is 19.2 Å². The van der Waals surface area contributed by atoms with Crippen molar-refractivity contribution in [3.8, 4) is 5.88 Å². The van der Waals surface area contributed by atoms with E-state index in [0.717, 1.165) is 12.1 Å². The first-order valence-electron chi connectivity index (χ1n) is 8.01. The van der Waals surface area contributed by atoms with Crippen LogP contribution in [-0.4, -0.2) is 40.1 Å². The Morgan fingerprint density at radius 1 is 1.35 bits per heavy atom. The van der Waals surface area contributed by atoms with Gasteiger partial charge >= 0.3 is 12.2 Å². The van der Waals surface area contributed by atoms with Gasteiger partial charge in [0, 0.05) is 30.9 Å². The Kier molecular flexibility index (Phi) is 4.97. The number of amides is 2. The molecule has 6 nitrogen and oxygen atoms in total. The molecule has 1 atom stereocenters. The molecule has 1 aliphatic rings. The first kappa shape index (κ1) is 18.0. The number of anilines is 1. The number of hydrogen-bond acceptors (Lipinski definition) is 4. The third-order valence-corrected chi connectivity index (χ3v) is 3.91. The molecule has 0 aliphatic carbocycles. The van der Waals surface area contributed by atoms with Crippen LogP contribution in [0.15, 0.2) is 36.5 Å². The topological polar surface area (TPSA) is 67.3 Å². The number of halogens is 3. The zero-order chi connectivity index (χ0) is 18.7. The molecule has 0 spiro atoms. The van der Waals surface area contributed by atoms with E-state index in [4.69, 9.17) is 4.74 Å². The number of likely N-dealkylation sites (tertiary alicyclic amines) is 1. The Morgan fingerprint density at radius 2 is 2.15 bits per heavy atom. The Labute approximate surface area is 148 Å². The Hall–Kier alpha value is -2.84. The third kappa shape index (κ3) is 4.41. The highest BCUT2D eigenvalue weighted by Crippen LogP contribution is 2.30. The number of carbonyl (C=O) groups is 1. The smallest absolute Gasteiger partial charge is 0.416 e. The van der Waals surface area contributed by atoms with E-state index in [9.17, 15) is 18.0 Å². The van der Waals surface area contributed by atoms with Crippen LogP contribution in [0.3, 0.4) is 0 Å². The number of ether oxygens (including phenoxy) is 1. The lowest BCUT2D eigenvalue weighted by Crippen LogP contribution is -2.34. The highest BCUT2D eigenvalue weighted by atomic mass is 19.4. The summed E-state index contributed by atoms with van der Waals surface area (Å²) in [7, 11) is 0. The van der Waals surface area contributed by atoms with Crippen molar-refractivity contribution in [2.24, 2.45) is 0 Å². The van der Waals surface area contributed by atoms with Crippen LogP contribution in [0.2, 0.25) is 0 Å². The number of hydrogen-bond donors (Lipinski definition) is 1. The summed E-state index contributed by atoms with van der Waals surface area (Å²) in [6.07, 6.45) is -2.48. The van der Waals surface area contributed by atoms with E-state index < -0.39 is 17.8 Å². The highest BCUT2D eigenvalue weighted by molar-refractivity contribution is 5.89. The summed E-state index contributed by atoms with van der Waals surface area (Å²) in [5.74, 6) is 1.02. The molecule has 0 unspecified atom stereocenters. The molecule has 138 valence electrons. The third-order valence-electron chi connectivity index (χ3n) is 3.91. The molecule has 1 aliphatic heterocycles. The standard InChI is InChI=1S/C17H17F3N4O2/c1-11-21-7-5-15(22-11)26-14-6-8-24(10-14)16(25)23-13-4-2-3-12(9-13)17(18,19)20/h2-5,7,9,14H,6,8,10H2,1H3,(H,23,25)/t14-/m1/s1. The van der Waals surface area contributed by atoms with E-state index in [0.29, 0.717) is 31.2 Å². The predicted molar refractivity (Wildman–Crippen MR) is 87.8 cm³/mol. The van der Waals surface area contributed by atoms with E-state index in [1.165, 1.54) is 17.0 Å². The number of nitrogens with zero attached hydrogens (tertiary/aromatic N) is 3. The van der Waals surface area contributed by atoms with Gasteiger partial charge in [0.05, 0.1) is 12.1 Å². The van der Waals surface area contributed by atoms with Crippen LogP contribution in [0.4, 0.5) is 23.7 Å². The lowest BCUT2D eigenvalue weighted by molar-refractivity contribution is -0.137. The van der Waals surface area contributed by atoms with Crippen molar-refractivity contribution >= 4 is 11.7 Å². The molecule has 1 saturated heterocycles. The van der Waals surface area contributed by atoms with Crippen LogP contribution in [0.5, 0.6) is 5.88 Å². The molecule has 9 heteroatoms. The number of benzene rings is 1. The van der Waals surface area contributed by atoms with Gasteiger partial charge in [0.2, 0.25) is 5.88 Å². The highest BCUT2D eigenvalue weighted by Gasteiger charge is 2.31. The Balaban J connectivity index is 1.58. The molecular formula is C17H17F3N4O2. The fourth-order valence-corrected chi connectivity index (χ4v) is 2.66. The lowest BCUT2D eigenvalue weighted by Gasteiger charge is -2.18. The molecule has 3 rings (SSSR count). The molecule has 0 bridgehead atoms. The zero-order valence-corrected chi connectivity index (χ0v) is 14.0. The number of rotatable bonds is 3. The number of aryl methyl sites for hydroxylation is 1. The molecule has 0 saturated carbocycles. The summed E-state index contributed by atoms with van der Waals surface area (Å²) in [5, 5.41) is 2.50. The largest absolute Gasteiger partial charge is 0.472 e. The van der Waals surface area contributed by atoms with Gasteiger partial charge in [-0.05, 0) is 25.1 Å². The van der Waals surface area contributed by atoms with Crippen LogP contribution in [0, 0.1) is 6.92 Å². The van der Waals surface area contributed by atoms with Gasteiger partial charge in [-0.1, -0.05) is 6.07 Å². The maximum atomic E-state index is 12.7. The average Bonchev–Trinajstić information content (AvgIpc) is 3.03. The second kappa shape index (κ2) is 7.19. The molecule has 1 aromatic carbocycles. The summed E-state index contributed by atoms with van der Waals surface area (Å²) in [6, 6.07) is 5.71. The molecular weight excluding hydrogens is 349 g/mol. The Bertz CT molecular complexity index is 798. The number of urea groups is 1. The van der Waals surface area contributed by atoms with Crippen molar-refractivity contribution in [2.45, 2.75) is 25.6 Å². The second-order valence-corrected chi connectivity index (χ2v) is 5.93. The summed E-state index contributed by atoms with van der Waals surface area (Å²) in [4.78, 5) is 21.9. The maximum Gasteiger partial charge on any atom is 0.416 e. The normalized spacial score (nSPS) is 17.2. The van der Waals surface area contributed by atoms with Crippen LogP contribution < -0.4 is 10.1 Å². The Morgan fingerprint density at radius 3 is 2.88 bits per heavy atom. The summed E-state index contributed by atoms with van der Waals surface area (Å²) < 4.78 is 44.0. The zero-order valence-electron chi connectivity index (χ0n) is 14.0. The van der Waals surface area contributed by atoms with Crippen molar-refractivity contribution in [1.82, 2.24) is 14.9 Å². The lowest BCUT2D eigenvalue weighted by atomic mass is 10.2. The van der Waals surface area contributed by atoms with Gasteiger partial charge in [0.1, 0.15) is 11.9 Å². The van der Waals surface area contributed by atoms with Gasteiger partial charge < -0.3 is 15.0 Å². The molecule has 2 amide bonds. The van der Waals surface area contributed by atoms with Crippen molar-refractivity contribution in [1.29, 1.82) is 0 Å². The minimum Gasteiger partial charge on any atom is -0.472 e. The molecule has 26 heavy (non-hydrogen) atoms. The number of carbonyl (C=O) groups excluding carboxylic acids is 1. The second-order valence-electron chi connectivity index (χ2n) is 5.93. The van der Waals surface area contributed by atoms with Gasteiger partial charge in [0.25, 0.3) is 0 Å². The molecule has 2 aromatic rings. The number of alkyl halides is 3. The fourth-order valence-electron chi connectivity index (χ4n) is 2.66. The van der Waals surface area contributed by atoms with E-state index in [2.05, 4.69) is 15.3 Å². The quantitative estimate of drug-likeness (QED) is 0.903. The molecule has 1 aromatic heterocycles. The van der Waals surface area contributed by atoms with Crippen molar-refractivity contribution in [2.75, 3.05) is 18.4 Å². The van der Waals surface area contributed by atoms with E-state index >= 15 is 0 Å². The van der Waals surface area contributed by atoms with E-state index in [-0.39, 0.29) is 11.8 Å². The first-order valence-corrected chi connectivity index (χ1v) is 8.01. The molecule has 2 heterocycles. The summed E-state index contributed by atoms with van der Waals surface area (Å²) in [6.45, 7) is 2.52. The predicted octanol–water partition coefficient (Wildman–Crippen LogP) is 3.49. The monoisotopic (exact) mass is 366 g/mol. The first-order chi connectivity index (χ1) is 12.3. The minimum atomic E-state index is -4.46. The van der Waals surface area contributed by atoms with Gasteiger partial charge in [-0.2, -0.15) is 18.2 Å². The van der Waals surface area contributed by atoms with Crippen LogP contribution >= 0.6 is 0 Å². The van der Waals surface area contributed by atoms with Crippen molar-refractivity contribution < 1.29 is 22.7 Å². The summed E-state index contributed by atoms with van der Waals surface area (Å²) in [5.41, 5.74) is -0.710. The van der Waals surface area contributed by atoms with E-state index in [1.807, 2.05) is 0 Å². The maximum absolute atomic E-state index is 12.7. The van der Waals surface area contributed by atoms with Crippen LogP contribution in [-0.2, 0) is 6.18 Å². The SMILES string of the molecule is Cc1nccc(O[C@@H]2CCN(C(=O)Nc3cccc(C(F)(F)F)c3)C2)n1. The van der Waals surface area contributed by atoms with Gasteiger partial charge in [0.15, 0.2) is 0 Å². The number of nitrogens with one attached hydrogen (secondary N) is 1. The number of aromatic nitrogens is 2. The van der Waals surface area contributed by atoms with Crippen molar-refractivity contribution in [3.63, 3.8) is 0 Å². The van der Waals surface area contributed by atoms with Crippen LogP contribution in [0.25, 0.3) is 0 Å². The van der Waals surface area contributed by atoms with Crippen LogP contribution in [0.1, 0.15) is 17.8 Å². The fraction of sp³-hybridized carbons (Fsp3) is 0.353. The van der Waals surface area contributed by atoms with Crippen molar-refractivity contribution in [3.05, 3.63) is 47.9 Å². The van der Waals surface area contributed by atoms with Gasteiger partial charge in [-0.25, -0.2) is 9.78 Å².